The zero-order chi connectivity index (χ0) is 14.3. The van der Waals surface area contributed by atoms with Gasteiger partial charge in [0, 0.05) is 10.9 Å². The lowest BCUT2D eigenvalue weighted by atomic mass is 10.0. The highest BCUT2D eigenvalue weighted by Crippen LogP contribution is 2.24. The van der Waals surface area contributed by atoms with Gasteiger partial charge in [0.25, 0.3) is 0 Å². The summed E-state index contributed by atoms with van der Waals surface area (Å²) >= 11 is 0. The van der Waals surface area contributed by atoms with Crippen LogP contribution in [0.1, 0.15) is 22.3 Å². The molecule has 0 unspecified atom stereocenters. The largest absolute Gasteiger partial charge is 0.248 e. The molecule has 0 aliphatic heterocycles. The normalized spacial score (nSPS) is 11.0. The van der Waals surface area contributed by atoms with Gasteiger partial charge in [-0.2, -0.15) is 0 Å². The summed E-state index contributed by atoms with van der Waals surface area (Å²) in [6, 6.07) is 15.3. The van der Waals surface area contributed by atoms with Crippen LogP contribution in [0.5, 0.6) is 0 Å². The van der Waals surface area contributed by atoms with Crippen molar-refractivity contribution in [2.45, 2.75) is 27.7 Å². The lowest BCUT2D eigenvalue weighted by Crippen LogP contribution is -1.89. The van der Waals surface area contributed by atoms with Crippen LogP contribution in [0.25, 0.3) is 22.2 Å². The third-order valence-corrected chi connectivity index (χ3v) is 3.82. The Morgan fingerprint density at radius 1 is 0.700 bits per heavy atom. The Morgan fingerprint density at radius 2 is 1.35 bits per heavy atom. The second-order valence-electron chi connectivity index (χ2n) is 5.70. The van der Waals surface area contributed by atoms with E-state index < -0.39 is 0 Å². The molecule has 20 heavy (non-hydrogen) atoms. The smallest absolute Gasteiger partial charge is 0.0712 e. The molecule has 0 saturated carbocycles. The van der Waals surface area contributed by atoms with Gasteiger partial charge in [-0.15, -0.1) is 0 Å². The molecule has 100 valence electrons. The van der Waals surface area contributed by atoms with E-state index in [0.29, 0.717) is 0 Å². The predicted octanol–water partition coefficient (Wildman–Crippen LogP) is 5.14. The molecule has 0 fully saturated rings. The molecule has 1 heterocycles. The van der Waals surface area contributed by atoms with Gasteiger partial charge >= 0.3 is 0 Å². The van der Waals surface area contributed by atoms with Crippen LogP contribution in [0.15, 0.2) is 42.5 Å². The maximum absolute atomic E-state index is 4.83. The van der Waals surface area contributed by atoms with E-state index in [2.05, 4.69) is 70.2 Å². The van der Waals surface area contributed by atoms with Crippen molar-refractivity contribution in [3.8, 4) is 11.3 Å². The van der Waals surface area contributed by atoms with Gasteiger partial charge in [-0.1, -0.05) is 23.3 Å². The summed E-state index contributed by atoms with van der Waals surface area (Å²) in [5.74, 6) is 0. The van der Waals surface area contributed by atoms with Crippen LogP contribution in [0.3, 0.4) is 0 Å². The SMILES string of the molecule is Cc1cc(C)cc(-c2ccc3cc(C)c(C)cc3n2)c1. The zero-order valence-corrected chi connectivity index (χ0v) is 12.5. The summed E-state index contributed by atoms with van der Waals surface area (Å²) < 4.78 is 0. The number of aryl methyl sites for hydroxylation is 4. The molecule has 3 rings (SSSR count). The molecule has 0 spiro atoms. The first-order valence-electron chi connectivity index (χ1n) is 6.99. The number of fused-ring (bicyclic) bond motifs is 1. The van der Waals surface area contributed by atoms with Gasteiger partial charge < -0.3 is 0 Å². The minimum Gasteiger partial charge on any atom is -0.248 e. The highest BCUT2D eigenvalue weighted by atomic mass is 14.7. The molecule has 1 aromatic heterocycles. The fourth-order valence-electron chi connectivity index (χ4n) is 2.67. The predicted molar refractivity (Wildman–Crippen MR) is 86.1 cm³/mol. The summed E-state index contributed by atoms with van der Waals surface area (Å²) in [6.07, 6.45) is 0. The number of nitrogens with zero attached hydrogens (tertiary/aromatic N) is 1. The molecule has 1 nitrogen and oxygen atoms in total. The van der Waals surface area contributed by atoms with Crippen LogP contribution < -0.4 is 0 Å². The monoisotopic (exact) mass is 261 g/mol. The average Bonchev–Trinajstić information content (AvgIpc) is 2.38. The van der Waals surface area contributed by atoms with Gasteiger partial charge in [0.2, 0.25) is 0 Å². The Hall–Kier alpha value is -2.15. The van der Waals surface area contributed by atoms with Crippen LogP contribution in [0, 0.1) is 27.7 Å². The Morgan fingerprint density at radius 3 is 2.05 bits per heavy atom. The summed E-state index contributed by atoms with van der Waals surface area (Å²) in [7, 11) is 0. The molecular weight excluding hydrogens is 242 g/mol. The van der Waals surface area contributed by atoms with Gasteiger partial charge in [-0.05, 0) is 69.2 Å². The van der Waals surface area contributed by atoms with E-state index in [1.165, 1.54) is 33.2 Å². The minimum absolute atomic E-state index is 1.05. The molecule has 0 saturated heterocycles. The fraction of sp³-hybridized carbons (Fsp3) is 0.211. The van der Waals surface area contributed by atoms with Crippen LogP contribution in [0.4, 0.5) is 0 Å². The Balaban J connectivity index is 2.19. The van der Waals surface area contributed by atoms with Gasteiger partial charge in [0.1, 0.15) is 0 Å². The molecule has 0 aliphatic carbocycles. The van der Waals surface area contributed by atoms with Crippen molar-refractivity contribution in [1.29, 1.82) is 0 Å². The van der Waals surface area contributed by atoms with E-state index in [-0.39, 0.29) is 0 Å². The first kappa shape index (κ1) is 12.9. The molecule has 1 heteroatoms. The first-order valence-corrected chi connectivity index (χ1v) is 6.99. The molecule has 0 bridgehead atoms. The molecule has 0 radical (unpaired) electrons. The second kappa shape index (κ2) is 4.75. The number of benzene rings is 2. The van der Waals surface area contributed by atoms with Crippen LogP contribution in [-0.2, 0) is 0 Å². The number of hydrogen-bond donors (Lipinski definition) is 0. The van der Waals surface area contributed by atoms with Gasteiger partial charge in [-0.3, -0.25) is 0 Å². The van der Waals surface area contributed by atoms with E-state index in [0.717, 1.165) is 11.2 Å². The first-order chi connectivity index (χ1) is 9.52. The third-order valence-electron chi connectivity index (χ3n) is 3.82. The quantitative estimate of drug-likeness (QED) is 0.591. The minimum atomic E-state index is 1.05. The third kappa shape index (κ3) is 2.32. The van der Waals surface area contributed by atoms with Crippen LogP contribution >= 0.6 is 0 Å². The highest BCUT2D eigenvalue weighted by molar-refractivity contribution is 5.83. The number of rotatable bonds is 1. The molecule has 0 N–H and O–H groups in total. The van der Waals surface area contributed by atoms with E-state index in [1.54, 1.807) is 0 Å². The van der Waals surface area contributed by atoms with E-state index in [9.17, 15) is 0 Å². The van der Waals surface area contributed by atoms with Crippen molar-refractivity contribution in [2.75, 3.05) is 0 Å². The topological polar surface area (TPSA) is 12.9 Å². The summed E-state index contributed by atoms with van der Waals surface area (Å²) in [4.78, 5) is 4.83. The fourth-order valence-corrected chi connectivity index (χ4v) is 2.67. The molecule has 3 aromatic rings. The molecule has 0 atom stereocenters. The maximum Gasteiger partial charge on any atom is 0.0712 e. The van der Waals surface area contributed by atoms with Crippen molar-refractivity contribution < 1.29 is 0 Å². The summed E-state index contributed by atoms with van der Waals surface area (Å²) in [5.41, 5.74) is 8.49. The average molecular weight is 261 g/mol. The van der Waals surface area contributed by atoms with Crippen molar-refractivity contribution in [2.24, 2.45) is 0 Å². The maximum atomic E-state index is 4.83. The lowest BCUT2D eigenvalue weighted by molar-refractivity contribution is 1.32. The standard InChI is InChI=1S/C19H19N/c1-12-7-13(2)9-17(8-12)18-6-5-16-10-14(3)15(4)11-19(16)20-18/h5-11H,1-4H3. The van der Waals surface area contributed by atoms with E-state index >= 15 is 0 Å². The molecule has 0 aliphatic rings. The Labute approximate surface area is 120 Å². The van der Waals surface area contributed by atoms with Gasteiger partial charge in [-0.25, -0.2) is 4.98 Å². The van der Waals surface area contributed by atoms with Gasteiger partial charge in [0.05, 0.1) is 11.2 Å². The number of pyridine rings is 1. The molecular formula is C19H19N. The molecule has 0 amide bonds. The summed E-state index contributed by atoms with van der Waals surface area (Å²) in [6.45, 7) is 8.54. The van der Waals surface area contributed by atoms with Crippen LogP contribution in [-0.4, -0.2) is 4.98 Å². The van der Waals surface area contributed by atoms with Crippen molar-refractivity contribution in [3.63, 3.8) is 0 Å². The van der Waals surface area contributed by atoms with Crippen molar-refractivity contribution >= 4 is 10.9 Å². The summed E-state index contributed by atoms with van der Waals surface area (Å²) in [5, 5.41) is 1.21. The van der Waals surface area contributed by atoms with Crippen molar-refractivity contribution in [3.05, 3.63) is 64.7 Å². The van der Waals surface area contributed by atoms with Crippen molar-refractivity contribution in [1.82, 2.24) is 4.98 Å². The number of aromatic nitrogens is 1. The van der Waals surface area contributed by atoms with Crippen LogP contribution in [0.2, 0.25) is 0 Å². The Kier molecular flexibility index (Phi) is 3.06. The highest BCUT2D eigenvalue weighted by Gasteiger charge is 2.04. The van der Waals surface area contributed by atoms with E-state index in [1.807, 2.05) is 0 Å². The molecule has 2 aromatic carbocycles. The Bertz CT molecular complexity index is 780. The lowest BCUT2D eigenvalue weighted by Gasteiger charge is -2.08. The number of hydrogen-bond acceptors (Lipinski definition) is 1. The van der Waals surface area contributed by atoms with Gasteiger partial charge in [0.15, 0.2) is 0 Å². The van der Waals surface area contributed by atoms with E-state index in [4.69, 9.17) is 4.98 Å². The zero-order valence-electron chi connectivity index (χ0n) is 12.5. The second-order valence-corrected chi connectivity index (χ2v) is 5.70.